The Kier molecular flexibility index (Phi) is 6.12. The Morgan fingerprint density at radius 2 is 2.08 bits per heavy atom. The smallest absolute Gasteiger partial charge is 0.417 e. The molecule has 2 rings (SSSR count). The zero-order chi connectivity index (χ0) is 18.7. The van der Waals surface area contributed by atoms with Gasteiger partial charge in [-0.05, 0) is 12.0 Å². The summed E-state index contributed by atoms with van der Waals surface area (Å²) in [6, 6.07) is 5.64. The fraction of sp³-hybridized carbons (Fsp3) is 0.500. The number of ether oxygens (including phenoxy) is 2. The van der Waals surface area contributed by atoms with Crippen LogP contribution in [0.25, 0.3) is 0 Å². The summed E-state index contributed by atoms with van der Waals surface area (Å²) in [7, 11) is 1.35. The van der Waals surface area contributed by atoms with Gasteiger partial charge in [0.15, 0.2) is 0 Å². The molecule has 0 N–H and O–H groups in total. The number of carbonyl (C=O) groups excluding carboxylic acids is 2. The zero-order valence-corrected chi connectivity index (χ0v) is 15.6. The molecule has 1 fully saturated rings. The van der Waals surface area contributed by atoms with Crippen LogP contribution in [0.5, 0.6) is 0 Å². The standard InChI is InChI=1S/C16H19BrN2O6/c1-9(2)12-8-25-16(21)18(12)15(20)13(17)14(24-3)10-6-4-5-7-11(10)19(22)23/h4-7,9,12-14H,8H2,1-3H3/t12-,13-,14-/m1/s1. The van der Waals surface area contributed by atoms with E-state index in [1.807, 2.05) is 13.8 Å². The summed E-state index contributed by atoms with van der Waals surface area (Å²) in [6.45, 7) is 3.89. The van der Waals surface area contributed by atoms with E-state index in [0.717, 1.165) is 4.90 Å². The average molecular weight is 415 g/mol. The maximum atomic E-state index is 12.9. The first-order valence-electron chi connectivity index (χ1n) is 7.69. The first-order valence-corrected chi connectivity index (χ1v) is 8.61. The van der Waals surface area contributed by atoms with E-state index in [-0.39, 0.29) is 29.8 Å². The number of rotatable bonds is 6. The second-order valence-corrected chi connectivity index (χ2v) is 6.96. The Hall–Kier alpha value is -2.00. The molecule has 0 saturated carbocycles. The molecule has 8 nitrogen and oxygen atoms in total. The summed E-state index contributed by atoms with van der Waals surface area (Å²) in [6.07, 6.45) is -1.65. The Balaban J connectivity index is 2.34. The summed E-state index contributed by atoms with van der Waals surface area (Å²) in [5, 5.41) is 11.2. The predicted octanol–water partition coefficient (Wildman–Crippen LogP) is 3.05. The number of hydrogen-bond donors (Lipinski definition) is 0. The number of nitrogens with zero attached hydrogens (tertiary/aromatic N) is 2. The van der Waals surface area contributed by atoms with E-state index in [0.29, 0.717) is 0 Å². The lowest BCUT2D eigenvalue weighted by Crippen LogP contribution is -2.46. The SMILES string of the molecule is CO[C@H](c1ccccc1[N+](=O)[O-])[C@@H](Br)C(=O)N1C(=O)OC[C@@H]1C(C)C. The topological polar surface area (TPSA) is 99.0 Å². The van der Waals surface area contributed by atoms with E-state index >= 15 is 0 Å². The van der Waals surface area contributed by atoms with Gasteiger partial charge in [0, 0.05) is 13.2 Å². The van der Waals surface area contributed by atoms with Crippen LogP contribution in [0.4, 0.5) is 10.5 Å². The van der Waals surface area contributed by atoms with E-state index in [2.05, 4.69) is 15.9 Å². The lowest BCUT2D eigenvalue weighted by Gasteiger charge is -2.27. The molecule has 0 aromatic heterocycles. The van der Waals surface area contributed by atoms with E-state index in [9.17, 15) is 19.7 Å². The molecule has 136 valence electrons. The quantitative estimate of drug-likeness (QED) is 0.402. The van der Waals surface area contributed by atoms with Crippen molar-refractivity contribution in [2.75, 3.05) is 13.7 Å². The molecule has 0 radical (unpaired) electrons. The number of hydrogen-bond acceptors (Lipinski definition) is 6. The van der Waals surface area contributed by atoms with Crippen LogP contribution in [-0.4, -0.2) is 46.4 Å². The molecule has 25 heavy (non-hydrogen) atoms. The predicted molar refractivity (Wildman–Crippen MR) is 92.4 cm³/mol. The van der Waals surface area contributed by atoms with Gasteiger partial charge in [0.2, 0.25) is 5.91 Å². The number of amides is 2. The normalized spacial score (nSPS) is 19.6. The minimum absolute atomic E-state index is 0.0159. The van der Waals surface area contributed by atoms with Crippen LogP contribution in [-0.2, 0) is 14.3 Å². The number of carbonyl (C=O) groups is 2. The molecule has 1 aromatic rings. The number of halogens is 1. The average Bonchev–Trinajstić information content (AvgIpc) is 2.96. The van der Waals surface area contributed by atoms with Crippen molar-refractivity contribution in [3.63, 3.8) is 0 Å². The van der Waals surface area contributed by atoms with Crippen LogP contribution in [0, 0.1) is 16.0 Å². The van der Waals surface area contributed by atoms with Gasteiger partial charge in [0.1, 0.15) is 17.5 Å². The van der Waals surface area contributed by atoms with Gasteiger partial charge in [0.25, 0.3) is 5.69 Å². The van der Waals surface area contributed by atoms with Crippen molar-refractivity contribution < 1.29 is 24.0 Å². The third-order valence-corrected chi connectivity index (χ3v) is 4.98. The summed E-state index contributed by atoms with van der Waals surface area (Å²) >= 11 is 3.26. The van der Waals surface area contributed by atoms with Crippen LogP contribution in [0.1, 0.15) is 25.5 Å². The molecule has 1 heterocycles. The first-order chi connectivity index (χ1) is 11.8. The highest BCUT2D eigenvalue weighted by molar-refractivity contribution is 9.10. The van der Waals surface area contributed by atoms with Crippen molar-refractivity contribution in [3.05, 3.63) is 39.9 Å². The number of nitro groups is 1. The second-order valence-electron chi connectivity index (χ2n) is 5.97. The lowest BCUT2D eigenvalue weighted by molar-refractivity contribution is -0.386. The van der Waals surface area contributed by atoms with Crippen molar-refractivity contribution in [2.45, 2.75) is 30.8 Å². The molecule has 0 unspecified atom stereocenters. The Bertz CT molecular complexity index is 680. The zero-order valence-electron chi connectivity index (χ0n) is 14.0. The molecule has 1 aliphatic heterocycles. The highest BCUT2D eigenvalue weighted by atomic mass is 79.9. The molecule has 1 aliphatic rings. The largest absolute Gasteiger partial charge is 0.447 e. The first kappa shape index (κ1) is 19.3. The Morgan fingerprint density at radius 1 is 1.44 bits per heavy atom. The number of nitro benzene ring substituents is 1. The maximum Gasteiger partial charge on any atom is 0.417 e. The van der Waals surface area contributed by atoms with E-state index in [4.69, 9.17) is 9.47 Å². The molecule has 0 bridgehead atoms. The molecule has 1 aromatic carbocycles. The molecule has 1 saturated heterocycles. The number of benzene rings is 1. The Morgan fingerprint density at radius 3 is 2.64 bits per heavy atom. The molecule has 3 atom stereocenters. The number of imide groups is 1. The maximum absolute atomic E-state index is 12.9. The van der Waals surface area contributed by atoms with E-state index in [1.165, 1.54) is 25.3 Å². The number of methoxy groups -OCH3 is 1. The Labute approximate surface area is 153 Å². The van der Waals surface area contributed by atoms with Crippen LogP contribution >= 0.6 is 15.9 Å². The fourth-order valence-electron chi connectivity index (χ4n) is 2.74. The lowest BCUT2D eigenvalue weighted by atomic mass is 10.0. The molecule has 9 heteroatoms. The molecule has 2 amide bonds. The number of alkyl halides is 1. The highest BCUT2D eigenvalue weighted by Crippen LogP contribution is 2.34. The van der Waals surface area contributed by atoms with Gasteiger partial charge in [-0.3, -0.25) is 14.9 Å². The number of para-hydroxylation sites is 1. The van der Waals surface area contributed by atoms with Crippen LogP contribution in [0.3, 0.4) is 0 Å². The van der Waals surface area contributed by atoms with Gasteiger partial charge >= 0.3 is 6.09 Å². The summed E-state index contributed by atoms with van der Waals surface area (Å²) in [5.74, 6) is -0.534. The molecular formula is C16H19BrN2O6. The minimum Gasteiger partial charge on any atom is -0.447 e. The monoisotopic (exact) mass is 414 g/mol. The van der Waals surface area contributed by atoms with Gasteiger partial charge < -0.3 is 9.47 Å². The molecular weight excluding hydrogens is 396 g/mol. The highest BCUT2D eigenvalue weighted by Gasteiger charge is 2.44. The minimum atomic E-state index is -0.981. The van der Waals surface area contributed by atoms with Crippen LogP contribution < -0.4 is 0 Å². The van der Waals surface area contributed by atoms with Gasteiger partial charge in [0.05, 0.1) is 16.5 Å². The number of cyclic esters (lactones) is 1. The van der Waals surface area contributed by atoms with Crippen molar-refractivity contribution in [3.8, 4) is 0 Å². The van der Waals surface area contributed by atoms with Crippen molar-refractivity contribution in [1.29, 1.82) is 0 Å². The van der Waals surface area contributed by atoms with Crippen molar-refractivity contribution in [1.82, 2.24) is 4.90 Å². The molecule has 0 aliphatic carbocycles. The van der Waals surface area contributed by atoms with Gasteiger partial charge in [-0.15, -0.1) is 0 Å². The van der Waals surface area contributed by atoms with Crippen molar-refractivity contribution in [2.24, 2.45) is 5.92 Å². The molecule has 0 spiro atoms. The van der Waals surface area contributed by atoms with Crippen molar-refractivity contribution >= 4 is 33.6 Å². The van der Waals surface area contributed by atoms with E-state index in [1.54, 1.807) is 6.07 Å². The fourth-order valence-corrected chi connectivity index (χ4v) is 3.46. The second kappa shape index (κ2) is 7.92. The summed E-state index contributed by atoms with van der Waals surface area (Å²) < 4.78 is 10.3. The van der Waals surface area contributed by atoms with Gasteiger partial charge in [-0.2, -0.15) is 0 Å². The summed E-state index contributed by atoms with van der Waals surface area (Å²) in [5.41, 5.74) is 0.0925. The third kappa shape index (κ3) is 3.82. The van der Waals surface area contributed by atoms with Crippen LogP contribution in [0.15, 0.2) is 24.3 Å². The van der Waals surface area contributed by atoms with Gasteiger partial charge in [-0.25, -0.2) is 9.69 Å². The van der Waals surface area contributed by atoms with Gasteiger partial charge in [-0.1, -0.05) is 41.9 Å². The van der Waals surface area contributed by atoms with E-state index < -0.39 is 27.9 Å². The third-order valence-electron chi connectivity index (χ3n) is 4.11. The van der Waals surface area contributed by atoms with Crippen LogP contribution in [0.2, 0.25) is 0 Å². The summed E-state index contributed by atoms with van der Waals surface area (Å²) in [4.78, 5) is 35.6.